The summed E-state index contributed by atoms with van der Waals surface area (Å²) in [5.74, 6) is 3.52. The molecule has 0 radical (unpaired) electrons. The summed E-state index contributed by atoms with van der Waals surface area (Å²) in [5.41, 5.74) is 2.14. The minimum atomic E-state index is 0.553. The number of methoxy groups -OCH3 is 1. The van der Waals surface area contributed by atoms with Gasteiger partial charge in [0.2, 0.25) is 0 Å². The van der Waals surface area contributed by atoms with Gasteiger partial charge < -0.3 is 14.6 Å². The second-order valence-electron chi connectivity index (χ2n) is 7.25. The van der Waals surface area contributed by atoms with Crippen LogP contribution in [0.25, 0.3) is 11.0 Å². The first-order chi connectivity index (χ1) is 11.3. The number of likely N-dealkylation sites (tertiary alicyclic amines) is 1. The number of aromatic amines is 1. The number of imidazole rings is 1. The van der Waals surface area contributed by atoms with E-state index in [-0.39, 0.29) is 0 Å². The minimum Gasteiger partial charge on any atom is -0.497 e. The zero-order chi connectivity index (χ0) is 15.6. The summed E-state index contributed by atoms with van der Waals surface area (Å²) in [5, 5.41) is 0. The molecular formula is C19H27N3O. The molecule has 2 heterocycles. The second kappa shape index (κ2) is 6.52. The van der Waals surface area contributed by atoms with Crippen molar-refractivity contribution in [2.24, 2.45) is 5.92 Å². The van der Waals surface area contributed by atoms with Gasteiger partial charge in [0.1, 0.15) is 11.6 Å². The molecule has 1 aromatic heterocycles. The Morgan fingerprint density at radius 1 is 1.22 bits per heavy atom. The fourth-order valence-electron chi connectivity index (χ4n) is 4.29. The maximum absolute atomic E-state index is 5.30. The monoisotopic (exact) mass is 313 g/mol. The van der Waals surface area contributed by atoms with Crippen LogP contribution in [0.5, 0.6) is 5.75 Å². The van der Waals surface area contributed by atoms with Crippen molar-refractivity contribution in [1.29, 1.82) is 0 Å². The van der Waals surface area contributed by atoms with Crippen LogP contribution >= 0.6 is 0 Å². The van der Waals surface area contributed by atoms with Crippen molar-refractivity contribution in [2.45, 2.75) is 44.4 Å². The highest BCUT2D eigenvalue weighted by Crippen LogP contribution is 2.31. The molecule has 1 atom stereocenters. The van der Waals surface area contributed by atoms with E-state index in [0.717, 1.165) is 35.1 Å². The van der Waals surface area contributed by atoms with Gasteiger partial charge in [0, 0.05) is 25.1 Å². The third-order valence-electron chi connectivity index (χ3n) is 5.61. The van der Waals surface area contributed by atoms with Gasteiger partial charge in [0.25, 0.3) is 0 Å². The van der Waals surface area contributed by atoms with Crippen LogP contribution < -0.4 is 4.74 Å². The minimum absolute atomic E-state index is 0.553. The third kappa shape index (κ3) is 3.23. The van der Waals surface area contributed by atoms with Gasteiger partial charge in [-0.2, -0.15) is 0 Å². The van der Waals surface area contributed by atoms with Crippen LogP contribution in [-0.2, 0) is 0 Å². The summed E-state index contributed by atoms with van der Waals surface area (Å²) >= 11 is 0. The van der Waals surface area contributed by atoms with Gasteiger partial charge in [-0.15, -0.1) is 0 Å². The van der Waals surface area contributed by atoms with Gasteiger partial charge in [0.05, 0.1) is 18.1 Å². The number of nitrogens with zero attached hydrogens (tertiary/aromatic N) is 2. The molecule has 0 unspecified atom stereocenters. The van der Waals surface area contributed by atoms with Crippen LogP contribution in [0, 0.1) is 5.92 Å². The Morgan fingerprint density at radius 3 is 2.91 bits per heavy atom. The molecule has 124 valence electrons. The van der Waals surface area contributed by atoms with Crippen molar-refractivity contribution in [3.05, 3.63) is 24.0 Å². The molecule has 1 aromatic carbocycles. The lowest BCUT2D eigenvalue weighted by atomic mass is 9.89. The quantitative estimate of drug-likeness (QED) is 0.929. The van der Waals surface area contributed by atoms with Crippen molar-refractivity contribution < 1.29 is 4.74 Å². The van der Waals surface area contributed by atoms with Crippen LogP contribution in [0.1, 0.15) is 50.3 Å². The fourth-order valence-corrected chi connectivity index (χ4v) is 4.29. The van der Waals surface area contributed by atoms with E-state index in [1.165, 1.54) is 51.6 Å². The molecule has 2 fully saturated rings. The largest absolute Gasteiger partial charge is 0.497 e. The number of hydrogen-bond acceptors (Lipinski definition) is 3. The summed E-state index contributed by atoms with van der Waals surface area (Å²) in [6.07, 6.45) is 8.42. The van der Waals surface area contributed by atoms with Crippen molar-refractivity contribution >= 4 is 11.0 Å². The normalized spacial score (nSPS) is 23.6. The van der Waals surface area contributed by atoms with Gasteiger partial charge in [-0.1, -0.05) is 19.3 Å². The average molecular weight is 313 g/mol. The Morgan fingerprint density at radius 2 is 2.09 bits per heavy atom. The van der Waals surface area contributed by atoms with Crippen LogP contribution in [0.15, 0.2) is 18.2 Å². The molecule has 0 bridgehead atoms. The molecule has 2 aliphatic rings. The third-order valence-corrected chi connectivity index (χ3v) is 5.61. The van der Waals surface area contributed by atoms with Crippen molar-refractivity contribution in [3.63, 3.8) is 0 Å². The molecule has 1 N–H and O–H groups in total. The maximum atomic E-state index is 5.30. The summed E-state index contributed by atoms with van der Waals surface area (Å²) < 4.78 is 5.30. The number of fused-ring (bicyclic) bond motifs is 1. The van der Waals surface area contributed by atoms with Gasteiger partial charge in [-0.25, -0.2) is 4.98 Å². The van der Waals surface area contributed by atoms with E-state index in [1.54, 1.807) is 7.11 Å². The first-order valence-electron chi connectivity index (χ1n) is 9.08. The smallest absolute Gasteiger partial charge is 0.121 e. The number of rotatable bonds is 4. The van der Waals surface area contributed by atoms with Crippen LogP contribution in [0.3, 0.4) is 0 Å². The van der Waals surface area contributed by atoms with E-state index in [9.17, 15) is 0 Å². The van der Waals surface area contributed by atoms with E-state index < -0.39 is 0 Å². The highest BCUT2D eigenvalue weighted by Gasteiger charge is 2.28. The topological polar surface area (TPSA) is 41.1 Å². The Labute approximate surface area is 138 Å². The van der Waals surface area contributed by atoms with Gasteiger partial charge in [0.15, 0.2) is 0 Å². The number of benzene rings is 1. The molecule has 4 rings (SSSR count). The average Bonchev–Trinajstić information content (AvgIpc) is 3.21. The van der Waals surface area contributed by atoms with Gasteiger partial charge in [-0.3, -0.25) is 0 Å². The summed E-state index contributed by atoms with van der Waals surface area (Å²) in [6, 6.07) is 6.07. The SMILES string of the molecule is COc1ccc2nc([C@H]3CCN(CC4CCCCC4)C3)[nH]c2c1. The molecule has 23 heavy (non-hydrogen) atoms. The highest BCUT2D eigenvalue weighted by atomic mass is 16.5. The molecule has 1 aliphatic heterocycles. The van der Waals surface area contributed by atoms with E-state index >= 15 is 0 Å². The van der Waals surface area contributed by atoms with Crippen molar-refractivity contribution in [3.8, 4) is 5.75 Å². The predicted octanol–water partition coefficient (Wildman–Crippen LogP) is 3.94. The molecule has 2 aromatic rings. The van der Waals surface area contributed by atoms with E-state index in [2.05, 4.69) is 9.88 Å². The first kappa shape index (κ1) is 15.0. The number of aromatic nitrogens is 2. The van der Waals surface area contributed by atoms with E-state index in [0.29, 0.717) is 5.92 Å². The second-order valence-corrected chi connectivity index (χ2v) is 7.25. The lowest BCUT2D eigenvalue weighted by Gasteiger charge is -2.26. The summed E-state index contributed by atoms with van der Waals surface area (Å²) in [7, 11) is 1.71. The standard InChI is InChI=1S/C19H27N3O/c1-23-16-7-8-17-18(11-16)21-19(20-17)15-9-10-22(13-15)12-14-5-3-2-4-6-14/h7-8,11,14-15H,2-6,9-10,12-13H2,1H3,(H,20,21)/t15-/m0/s1. The van der Waals surface area contributed by atoms with Crippen LogP contribution in [0.2, 0.25) is 0 Å². The molecule has 1 aliphatic carbocycles. The van der Waals surface area contributed by atoms with E-state index in [1.807, 2.05) is 18.2 Å². The van der Waals surface area contributed by atoms with Crippen LogP contribution in [-0.4, -0.2) is 41.6 Å². The highest BCUT2D eigenvalue weighted by molar-refractivity contribution is 5.76. The Bertz CT molecular complexity index is 660. The first-order valence-corrected chi connectivity index (χ1v) is 9.08. The molecular weight excluding hydrogens is 286 g/mol. The maximum Gasteiger partial charge on any atom is 0.121 e. The van der Waals surface area contributed by atoms with Gasteiger partial charge >= 0.3 is 0 Å². The Hall–Kier alpha value is -1.55. The van der Waals surface area contributed by atoms with Crippen molar-refractivity contribution in [2.75, 3.05) is 26.7 Å². The molecule has 4 heteroatoms. The molecule has 1 saturated carbocycles. The van der Waals surface area contributed by atoms with Gasteiger partial charge in [-0.05, 0) is 43.9 Å². The number of ether oxygens (including phenoxy) is 1. The molecule has 1 saturated heterocycles. The predicted molar refractivity (Wildman–Crippen MR) is 93.0 cm³/mol. The zero-order valence-corrected chi connectivity index (χ0v) is 14.1. The lowest BCUT2D eigenvalue weighted by molar-refractivity contribution is 0.232. The Kier molecular flexibility index (Phi) is 4.25. The fraction of sp³-hybridized carbons (Fsp3) is 0.632. The Balaban J connectivity index is 1.42. The number of H-pyrrole nitrogens is 1. The number of nitrogens with one attached hydrogen (secondary N) is 1. The molecule has 0 amide bonds. The lowest BCUT2D eigenvalue weighted by Crippen LogP contribution is -2.28. The van der Waals surface area contributed by atoms with Crippen molar-refractivity contribution in [1.82, 2.24) is 14.9 Å². The van der Waals surface area contributed by atoms with Crippen LogP contribution in [0.4, 0.5) is 0 Å². The summed E-state index contributed by atoms with van der Waals surface area (Å²) in [6.45, 7) is 3.68. The number of hydrogen-bond donors (Lipinski definition) is 1. The molecule has 4 nitrogen and oxygen atoms in total. The van der Waals surface area contributed by atoms with E-state index in [4.69, 9.17) is 9.72 Å². The molecule has 0 spiro atoms. The zero-order valence-electron chi connectivity index (χ0n) is 14.1. The summed E-state index contributed by atoms with van der Waals surface area (Å²) in [4.78, 5) is 11.0.